The summed E-state index contributed by atoms with van der Waals surface area (Å²) in [6.45, 7) is 9.40. The second-order valence-corrected chi connectivity index (χ2v) is 3.74. The van der Waals surface area contributed by atoms with E-state index in [9.17, 15) is 0 Å². The van der Waals surface area contributed by atoms with Crippen LogP contribution in [0.4, 0.5) is 0 Å². The lowest BCUT2D eigenvalue weighted by molar-refractivity contribution is 0.248. The molecule has 1 nitrogen and oxygen atoms in total. The highest BCUT2D eigenvalue weighted by atomic mass is 28.1. The van der Waals surface area contributed by atoms with Gasteiger partial charge in [0.05, 0.1) is 22.2 Å². The van der Waals surface area contributed by atoms with E-state index in [0.717, 1.165) is 16.8 Å². The molecule has 0 saturated heterocycles. The lowest BCUT2D eigenvalue weighted by Crippen LogP contribution is -1.99. The molecule has 0 N–H and O–H groups in total. The first kappa shape index (κ1) is 9.76. The van der Waals surface area contributed by atoms with Gasteiger partial charge in [-0.3, -0.25) is 0 Å². The van der Waals surface area contributed by atoms with Crippen molar-refractivity contribution in [3.63, 3.8) is 0 Å². The van der Waals surface area contributed by atoms with Crippen molar-refractivity contribution in [2.24, 2.45) is 5.92 Å². The van der Waals surface area contributed by atoms with Gasteiger partial charge in [-0.05, 0) is 25.3 Å². The molecule has 0 aliphatic carbocycles. The van der Waals surface area contributed by atoms with E-state index in [2.05, 4.69) is 20.8 Å². The monoisotopic (exact) mass is 158 g/mol. The van der Waals surface area contributed by atoms with Crippen LogP contribution in [0.1, 0.15) is 27.7 Å². The number of ether oxygens (including phenoxy) is 1. The van der Waals surface area contributed by atoms with Crippen molar-refractivity contribution in [3.05, 3.63) is 11.0 Å². The van der Waals surface area contributed by atoms with Crippen LogP contribution in [0.3, 0.4) is 0 Å². The summed E-state index contributed by atoms with van der Waals surface area (Å²) in [4.78, 5) is 0. The van der Waals surface area contributed by atoms with Crippen LogP contribution in [0, 0.1) is 5.92 Å². The van der Waals surface area contributed by atoms with Gasteiger partial charge in [0.25, 0.3) is 0 Å². The molecule has 60 valence electrons. The van der Waals surface area contributed by atoms with Crippen molar-refractivity contribution in [1.29, 1.82) is 0 Å². The highest BCUT2D eigenvalue weighted by Gasteiger charge is 2.00. The Kier molecular flexibility index (Phi) is 4.44. The average Bonchev–Trinajstić information content (AvgIpc) is 1.87. The van der Waals surface area contributed by atoms with Gasteiger partial charge in [-0.2, -0.15) is 0 Å². The zero-order valence-corrected chi connectivity index (χ0v) is 9.69. The molecular formula is C8H18OSi. The fourth-order valence-corrected chi connectivity index (χ4v) is 1.60. The fraction of sp³-hybridized carbons (Fsp3) is 0.750. The Morgan fingerprint density at radius 3 is 2.30 bits per heavy atom. The van der Waals surface area contributed by atoms with Gasteiger partial charge in [-0.1, -0.05) is 13.8 Å². The summed E-state index contributed by atoms with van der Waals surface area (Å²) < 4.78 is 5.41. The van der Waals surface area contributed by atoms with Crippen LogP contribution in [0.25, 0.3) is 0 Å². The average molecular weight is 158 g/mol. The topological polar surface area (TPSA) is 9.23 Å². The number of rotatable bonds is 3. The Morgan fingerprint density at radius 2 is 2.00 bits per heavy atom. The Balaban J connectivity index is 4.05. The molecule has 0 aliphatic rings. The predicted octanol–water partition coefficient (Wildman–Crippen LogP) is 1.28. The fourth-order valence-electron chi connectivity index (χ4n) is 0.737. The molecule has 0 rings (SSSR count). The maximum atomic E-state index is 5.41. The first-order chi connectivity index (χ1) is 4.59. The number of hydrogen-bond donors (Lipinski definition) is 0. The minimum Gasteiger partial charge on any atom is -0.504 e. The second-order valence-electron chi connectivity index (χ2n) is 2.83. The van der Waals surface area contributed by atoms with Gasteiger partial charge in [0.2, 0.25) is 0 Å². The molecule has 0 aromatic carbocycles. The summed E-state index contributed by atoms with van der Waals surface area (Å²) in [6.07, 6.45) is 0. The maximum Gasteiger partial charge on any atom is 0.0842 e. The molecule has 0 radical (unpaired) electrons. The molecule has 10 heavy (non-hydrogen) atoms. The molecule has 0 amide bonds. The van der Waals surface area contributed by atoms with Crippen LogP contribution in [0.2, 0.25) is 0 Å². The van der Waals surface area contributed by atoms with Crippen molar-refractivity contribution < 1.29 is 4.74 Å². The minimum absolute atomic E-state index is 0.638. The molecule has 0 aromatic rings. The number of allylic oxidation sites excluding steroid dienone is 1. The zero-order valence-electron chi connectivity index (χ0n) is 7.69. The SMILES string of the molecule is CCO/C([SiH3])=C(/C)C(C)C. The van der Waals surface area contributed by atoms with Crippen LogP contribution in [-0.2, 0) is 4.74 Å². The molecule has 0 unspecified atom stereocenters. The summed E-state index contributed by atoms with van der Waals surface area (Å²) in [7, 11) is 1.04. The maximum absolute atomic E-state index is 5.41. The van der Waals surface area contributed by atoms with E-state index in [1.165, 1.54) is 11.0 Å². The molecule has 0 aliphatic heterocycles. The van der Waals surface area contributed by atoms with Gasteiger partial charge < -0.3 is 4.74 Å². The quantitative estimate of drug-likeness (QED) is 0.444. The van der Waals surface area contributed by atoms with Gasteiger partial charge in [0.15, 0.2) is 0 Å². The van der Waals surface area contributed by atoms with E-state index in [1.807, 2.05) is 6.92 Å². The molecule has 2 heteroatoms. The van der Waals surface area contributed by atoms with Gasteiger partial charge >= 0.3 is 0 Å². The summed E-state index contributed by atoms with van der Waals surface area (Å²) in [5.74, 6) is 0.638. The van der Waals surface area contributed by atoms with Crippen molar-refractivity contribution in [3.8, 4) is 0 Å². The Labute approximate surface area is 66.9 Å². The Bertz CT molecular complexity index is 127. The Morgan fingerprint density at radius 1 is 1.50 bits per heavy atom. The molecule has 0 fully saturated rings. The highest BCUT2D eigenvalue weighted by molar-refractivity contribution is 6.20. The van der Waals surface area contributed by atoms with Crippen LogP contribution < -0.4 is 0 Å². The molecule has 0 heterocycles. The second kappa shape index (κ2) is 4.55. The predicted molar refractivity (Wildman–Crippen MR) is 49.1 cm³/mol. The standard InChI is InChI=1S/C8H18OSi/c1-5-9-8(10)7(4)6(2)3/h6H,5H2,1-4,10H3/b8-7+. The lowest BCUT2D eigenvalue weighted by Gasteiger charge is -2.11. The van der Waals surface area contributed by atoms with E-state index >= 15 is 0 Å². The summed E-state index contributed by atoms with van der Waals surface area (Å²) >= 11 is 0. The molecule has 0 aromatic heterocycles. The van der Waals surface area contributed by atoms with Crippen LogP contribution >= 0.6 is 0 Å². The molecule has 0 bridgehead atoms. The third-order valence-corrected chi connectivity index (χ3v) is 2.86. The van der Waals surface area contributed by atoms with Crippen LogP contribution in [0.15, 0.2) is 11.0 Å². The lowest BCUT2D eigenvalue weighted by atomic mass is 10.1. The van der Waals surface area contributed by atoms with Crippen molar-refractivity contribution in [1.82, 2.24) is 0 Å². The smallest absolute Gasteiger partial charge is 0.0842 e. The zero-order chi connectivity index (χ0) is 8.15. The van der Waals surface area contributed by atoms with E-state index < -0.39 is 0 Å². The molecular weight excluding hydrogens is 140 g/mol. The van der Waals surface area contributed by atoms with Crippen molar-refractivity contribution >= 4 is 10.2 Å². The van der Waals surface area contributed by atoms with E-state index in [0.29, 0.717) is 5.92 Å². The highest BCUT2D eigenvalue weighted by Crippen LogP contribution is 2.12. The van der Waals surface area contributed by atoms with Gasteiger partial charge in [0, 0.05) is 0 Å². The number of hydrogen-bond acceptors (Lipinski definition) is 1. The van der Waals surface area contributed by atoms with Crippen LogP contribution in [-0.4, -0.2) is 16.8 Å². The molecule has 0 atom stereocenters. The molecule has 0 saturated carbocycles. The third-order valence-electron chi connectivity index (χ3n) is 1.78. The summed E-state index contributed by atoms with van der Waals surface area (Å²) in [5.41, 5.74) is 1.41. The third kappa shape index (κ3) is 3.06. The van der Waals surface area contributed by atoms with E-state index in [4.69, 9.17) is 4.74 Å². The largest absolute Gasteiger partial charge is 0.504 e. The molecule has 0 spiro atoms. The van der Waals surface area contributed by atoms with Crippen molar-refractivity contribution in [2.45, 2.75) is 27.7 Å². The normalized spacial score (nSPS) is 13.7. The van der Waals surface area contributed by atoms with E-state index in [-0.39, 0.29) is 0 Å². The Hall–Kier alpha value is -0.243. The van der Waals surface area contributed by atoms with Crippen LogP contribution in [0.5, 0.6) is 0 Å². The van der Waals surface area contributed by atoms with Gasteiger partial charge in [0.1, 0.15) is 0 Å². The minimum atomic E-state index is 0.638. The van der Waals surface area contributed by atoms with E-state index in [1.54, 1.807) is 0 Å². The van der Waals surface area contributed by atoms with Gasteiger partial charge in [-0.25, -0.2) is 0 Å². The summed E-state index contributed by atoms with van der Waals surface area (Å²) in [5, 5.41) is 1.22. The summed E-state index contributed by atoms with van der Waals surface area (Å²) in [6, 6.07) is 0. The first-order valence-corrected chi connectivity index (χ1v) is 4.89. The first-order valence-electron chi connectivity index (χ1n) is 3.89. The van der Waals surface area contributed by atoms with Gasteiger partial charge in [-0.15, -0.1) is 0 Å². The van der Waals surface area contributed by atoms with Crippen molar-refractivity contribution in [2.75, 3.05) is 6.61 Å².